The third-order valence-electron chi connectivity index (χ3n) is 14.0. The number of phosphoric acid groups is 3. The molecule has 4 aromatic heterocycles. The van der Waals surface area contributed by atoms with E-state index in [-0.39, 0.29) is 65.8 Å². The van der Waals surface area contributed by atoms with Crippen LogP contribution in [0, 0.1) is 0 Å². The standard InChI is InChI=1S/C12H18FN4O12P3.C12H15FN4O3.C8H22N2O7P2.2C8H18.CH4.H13P11/c1-12(4-26-31(22,23)29-32(24,25)28-30(19,20)21)10(18)8(13)9(27-12)6-2-3-7-11(14)15-5-16-17(6)7;1-12(4-18)10(19)8(13)9(20-12)6-2-3-7-11(14)15-5-16-17(6)7;1-3-5-7-9-19(16-12,17-15-11,18(13)14)10-8-6-4-2;2*1-3-5-7-8-6-4-2;;1-8(2)7-11(9(3)4)10(5)6/h2-3,5,8-10,18H,4H2,1H3,(H,22,23)(H,24,25)(H2,14,15,16)(H2,19,20,21);2-3,5,8-10,18-19H,4H2,1H3,(H2,14,15,16);9-12H,3-8H2,1-2H3;2*3-8H2,1-2H3;1H4;7H,1-6H2/t2*8-,9-,10-,12+;;;;;/m00...../s1/i;;;;;;7T. The van der Waals surface area contributed by atoms with E-state index < -0.39 is 107 Å². The molecule has 6 rings (SSSR count). The number of nitrogens with zero attached hydrogens (tertiary/aromatic N) is 6. The van der Waals surface area contributed by atoms with Gasteiger partial charge < -0.3 is 55.8 Å². The molecular formula is C49H108F2N10O22P16. The number of aliphatic hydroxyl groups excluding tert-OH is 3. The van der Waals surface area contributed by atoms with Crippen molar-refractivity contribution >= 4 is 150 Å². The van der Waals surface area contributed by atoms with Gasteiger partial charge in [-0.3, -0.25) is 4.52 Å². The number of unbranched alkanes of at least 4 members (excludes halogenated alkanes) is 12. The van der Waals surface area contributed by atoms with Gasteiger partial charge in [-0.2, -0.15) is 18.8 Å². The van der Waals surface area contributed by atoms with Gasteiger partial charge >= 0.3 is 135 Å². The van der Waals surface area contributed by atoms with E-state index in [0.29, 0.717) is 29.6 Å². The van der Waals surface area contributed by atoms with Gasteiger partial charge in [-0.1, -0.05) is 120 Å². The fraction of sp³-hybridized carbons (Fsp3) is 0.755. The predicted octanol–water partition coefficient (Wildman–Crippen LogP) is 15.3. The summed E-state index contributed by atoms with van der Waals surface area (Å²) in [5.41, 5.74) is 9.52. The molecule has 2 aliphatic rings. The molecule has 10 unspecified atom stereocenters. The van der Waals surface area contributed by atoms with Crippen molar-refractivity contribution in [2.24, 2.45) is 0 Å². The van der Waals surface area contributed by atoms with Gasteiger partial charge in [-0.25, -0.2) is 41.5 Å². The maximum absolute atomic E-state index is 14.9. The summed E-state index contributed by atoms with van der Waals surface area (Å²) in [4.78, 5) is 54.9. The fourth-order valence-corrected chi connectivity index (χ4v) is 89.1. The first-order valence-corrected chi connectivity index (χ1v) is 58.0. The number of anilines is 2. The van der Waals surface area contributed by atoms with E-state index >= 15 is 0 Å². The van der Waals surface area contributed by atoms with Crippen LogP contribution in [-0.2, 0) is 55.3 Å². The molecule has 2 aliphatic heterocycles. The number of aromatic nitrogens is 6. The number of hydrogen-bond donors (Lipinski definition) is 13. The van der Waals surface area contributed by atoms with Gasteiger partial charge in [0.1, 0.15) is 59.3 Å². The van der Waals surface area contributed by atoms with Crippen LogP contribution >= 0.6 is 128 Å². The third kappa shape index (κ3) is 33.5. The molecule has 6 heterocycles. The maximum Gasteiger partial charge on any atom is 0.490 e. The molecule has 0 aromatic carbocycles. The molecule has 99 heavy (non-hydrogen) atoms. The van der Waals surface area contributed by atoms with Gasteiger partial charge in [0, 0.05) is 0 Å². The van der Waals surface area contributed by atoms with Crippen molar-refractivity contribution in [3.8, 4) is 0 Å². The molecule has 18 atom stereocenters. The van der Waals surface area contributed by atoms with Crippen LogP contribution in [0.25, 0.3) is 11.0 Å². The van der Waals surface area contributed by atoms with Gasteiger partial charge in [0.05, 0.1) is 25.9 Å². The van der Waals surface area contributed by atoms with Crippen LogP contribution in [0.5, 0.6) is 0 Å². The molecule has 15 N–H and O–H groups in total. The Morgan fingerprint density at radius 1 is 0.697 bits per heavy atom. The van der Waals surface area contributed by atoms with E-state index in [1.165, 1.54) is 111 Å². The van der Waals surface area contributed by atoms with Crippen molar-refractivity contribution in [3.05, 3.63) is 48.3 Å². The van der Waals surface area contributed by atoms with Crippen molar-refractivity contribution in [1.29, 1.82) is 1.28 Å². The number of phosphoric ester groups is 1. The number of nitrogens with two attached hydrogens (primary N) is 2. The van der Waals surface area contributed by atoms with Crippen molar-refractivity contribution < 1.29 is 114 Å². The van der Waals surface area contributed by atoms with E-state index in [1.54, 1.807) is 12.1 Å². The molecule has 2 fully saturated rings. The monoisotopic (exact) mass is 1720 g/mol. The molecule has 4 aromatic rings. The van der Waals surface area contributed by atoms with Gasteiger partial charge in [0.15, 0.2) is 24.0 Å². The van der Waals surface area contributed by atoms with Crippen molar-refractivity contribution in [2.45, 2.75) is 214 Å². The quantitative estimate of drug-likeness (QED) is 0.00870. The summed E-state index contributed by atoms with van der Waals surface area (Å²) in [5, 5.41) is 63.4. The van der Waals surface area contributed by atoms with Crippen molar-refractivity contribution in [2.75, 3.05) is 37.8 Å². The number of nitrogen functional groups attached to an aromatic ring is 2. The Morgan fingerprint density at radius 3 is 1.38 bits per heavy atom. The van der Waals surface area contributed by atoms with Crippen molar-refractivity contribution in [3.63, 3.8) is 0 Å². The number of hydrogen-bond acceptors (Lipinski definition) is 26. The predicted molar refractivity (Wildman–Crippen MR) is 416 cm³/mol. The summed E-state index contributed by atoms with van der Waals surface area (Å²) in [7, 11) is -8.51. The Morgan fingerprint density at radius 2 is 1.08 bits per heavy atom. The molecular weight excluding hydrogens is 1610 g/mol. The van der Waals surface area contributed by atoms with Crippen molar-refractivity contribution in [1.82, 2.24) is 39.4 Å². The van der Waals surface area contributed by atoms with Crippen LogP contribution in [0.1, 0.15) is 189 Å². The number of rotatable bonds is 36. The van der Waals surface area contributed by atoms with Crippen LogP contribution < -0.4 is 26.5 Å². The van der Waals surface area contributed by atoms with Gasteiger partial charge in [0.25, 0.3) is 0 Å². The van der Waals surface area contributed by atoms with Crippen LogP contribution in [-0.4, -0.2) is 138 Å². The summed E-state index contributed by atoms with van der Waals surface area (Å²) < 4.78 is 117. The SMILES string of the molecule is C.CCCCCCCC.CCCCCCCC.CCCCNP(NCCCC)(OO)(OOO)[P+](=O)[O-].C[C@]1(CO)O[C@@H](c2ccc3c(N)ncnn23)[C@H](F)[C@@H]1O.C[C@]1(COP(=O)(O)OP(=O)(O)OP(=O)(O)O)O[C@@H](c2ccc3c(N)ncnn23)[C@H](F)[C@@H]1O.[3H]P(P(P)P)P(P(P)P)P(P)P. The average Bonchev–Trinajstić information content (AvgIpc) is 1.39. The zero-order valence-electron chi connectivity index (χ0n) is 56.9. The number of alkyl halides is 2. The summed E-state index contributed by atoms with van der Waals surface area (Å²) >= 11 is 0. The van der Waals surface area contributed by atoms with Crippen LogP contribution in [0.2, 0.25) is 0 Å². The second kappa shape index (κ2) is 49.9. The first-order chi connectivity index (χ1) is 46.2. The Balaban J connectivity index is 0.00000126. The number of nitrogens with one attached hydrogen (secondary N) is 2. The first kappa shape index (κ1) is 98.9. The third-order valence-corrected chi connectivity index (χ3v) is 71.4. The maximum atomic E-state index is 14.9. The molecule has 0 radical (unpaired) electrons. The number of halogens is 2. The van der Waals surface area contributed by atoms with Crippen LogP contribution in [0.3, 0.4) is 0 Å². The fourth-order valence-electron chi connectivity index (χ4n) is 8.77. The van der Waals surface area contributed by atoms with E-state index in [2.05, 4.69) is 139 Å². The van der Waals surface area contributed by atoms with E-state index in [4.69, 9.17) is 47.4 Å². The minimum Gasteiger partial charge on any atom is -0.393 e. The Hall–Kier alpha value is 1.85. The van der Waals surface area contributed by atoms with E-state index in [9.17, 15) is 52.1 Å². The van der Waals surface area contributed by atoms with Gasteiger partial charge in [0.2, 0.25) is 0 Å². The Bertz CT molecular complexity index is 3090. The van der Waals surface area contributed by atoms with Crippen LogP contribution in [0.15, 0.2) is 36.9 Å². The smallest absolute Gasteiger partial charge is 0.393 e. The average molecular weight is 1730 g/mol. The zero-order chi connectivity index (χ0) is 75.8. The summed E-state index contributed by atoms with van der Waals surface area (Å²) in [6, 6.07) is 6.17. The number of aliphatic hydroxyl groups is 3. The summed E-state index contributed by atoms with van der Waals surface area (Å²) in [5.74, 6) is 0.362. The Labute approximate surface area is 601 Å². The molecule has 50 heteroatoms. The normalized spacial score (nSPS) is 22.9. The molecule has 580 valence electrons. The van der Waals surface area contributed by atoms with Crippen LogP contribution in [0.4, 0.5) is 20.4 Å². The molecule has 0 saturated carbocycles. The zero-order valence-corrected chi connectivity index (χ0v) is 71.8. The molecule has 32 nitrogen and oxygen atoms in total. The molecule has 0 bridgehead atoms. The summed E-state index contributed by atoms with van der Waals surface area (Å²) in [6.07, 6.45) is 12.6. The Kier molecular flexibility index (Phi) is 49.8. The molecule has 0 aliphatic carbocycles. The second-order valence-electron chi connectivity index (χ2n) is 22.1. The van der Waals surface area contributed by atoms with Gasteiger partial charge in [-0.05, 0) is 66.1 Å². The molecule has 0 amide bonds. The molecule has 2 saturated heterocycles. The van der Waals surface area contributed by atoms with E-state index in [0.717, 1.165) is 26.1 Å². The minimum atomic E-state index is -5.74. The topological polar surface area (TPSA) is 484 Å². The minimum absolute atomic E-state index is 0. The first-order valence-electron chi connectivity index (χ1n) is 31.2. The summed E-state index contributed by atoms with van der Waals surface area (Å²) in [6.45, 7) is 13.9. The van der Waals surface area contributed by atoms with Gasteiger partial charge in [-0.15, -0.1) is 53.6 Å². The second-order valence-corrected chi connectivity index (χ2v) is 71.9. The number of ether oxygens (including phenoxy) is 2. The number of fused-ring (bicyclic) bond motifs is 2. The van der Waals surface area contributed by atoms with E-state index in [1.807, 2.05) is 13.8 Å². The molecule has 0 spiro atoms. The largest absolute Gasteiger partial charge is 0.490 e.